The Kier molecular flexibility index (Phi) is 5.11. The van der Waals surface area contributed by atoms with Crippen LogP contribution in [0.25, 0.3) is 0 Å². The predicted octanol–water partition coefficient (Wildman–Crippen LogP) is 3.52. The second-order valence-electron chi connectivity index (χ2n) is 8.28. The summed E-state index contributed by atoms with van der Waals surface area (Å²) in [6.07, 6.45) is 6.54. The smallest absolute Gasteiger partial charge is 0.226 e. The maximum absolute atomic E-state index is 12.4. The number of hydrogen-bond acceptors (Lipinski definition) is 5. The number of carbonyl (C=O) groups excluding carboxylic acids is 1. The van der Waals surface area contributed by atoms with Crippen molar-refractivity contribution < 1.29 is 9.53 Å². The number of thiazole rings is 1. The molecule has 138 valence electrons. The van der Waals surface area contributed by atoms with Gasteiger partial charge in [0.15, 0.2) is 5.13 Å². The van der Waals surface area contributed by atoms with Crippen LogP contribution in [-0.4, -0.2) is 41.1 Å². The molecule has 6 heteroatoms. The van der Waals surface area contributed by atoms with Gasteiger partial charge in [-0.15, -0.1) is 11.3 Å². The molecule has 0 spiro atoms. The third kappa shape index (κ3) is 4.23. The molecule has 1 aliphatic heterocycles. The number of morpholine rings is 1. The van der Waals surface area contributed by atoms with Crippen LogP contribution in [0.2, 0.25) is 0 Å². The summed E-state index contributed by atoms with van der Waals surface area (Å²) in [5.41, 5.74) is 1.04. The summed E-state index contributed by atoms with van der Waals surface area (Å²) in [5, 5.41) is 5.84. The van der Waals surface area contributed by atoms with Gasteiger partial charge in [0.25, 0.3) is 0 Å². The average molecular weight is 364 g/mol. The monoisotopic (exact) mass is 363 g/mol. The lowest BCUT2D eigenvalue weighted by molar-refractivity contribution is -0.117. The molecular formula is C19H29N3O2S. The lowest BCUT2D eigenvalue weighted by Crippen LogP contribution is -2.44. The lowest BCUT2D eigenvalue weighted by Gasteiger charge is -2.34. The first-order chi connectivity index (χ1) is 12.0. The van der Waals surface area contributed by atoms with Gasteiger partial charge < -0.3 is 10.1 Å². The molecule has 3 aliphatic rings. The molecule has 1 N–H and O–H groups in total. The Morgan fingerprint density at radius 1 is 1.32 bits per heavy atom. The zero-order chi connectivity index (χ0) is 17.4. The largest absolute Gasteiger partial charge is 0.373 e. The fraction of sp³-hybridized carbons (Fsp3) is 0.789. The van der Waals surface area contributed by atoms with E-state index in [1.807, 2.05) is 0 Å². The summed E-state index contributed by atoms with van der Waals surface area (Å²) < 4.78 is 5.78. The lowest BCUT2D eigenvalue weighted by atomic mass is 9.86. The van der Waals surface area contributed by atoms with E-state index in [4.69, 9.17) is 4.74 Å². The number of nitrogens with zero attached hydrogens (tertiary/aromatic N) is 2. The highest BCUT2D eigenvalue weighted by Gasteiger charge is 2.40. The minimum Gasteiger partial charge on any atom is -0.373 e. The maximum Gasteiger partial charge on any atom is 0.226 e. The van der Waals surface area contributed by atoms with Gasteiger partial charge >= 0.3 is 0 Å². The molecule has 1 saturated heterocycles. The molecule has 1 aromatic heterocycles. The SMILES string of the molecule is C[C@@H]1CN(Cc2csc(NC(=O)C[C@@H]3C[C@H]4CC[C@H]3C4)n2)C[C@@H](C)O1. The Bertz CT molecular complexity index is 610. The van der Waals surface area contributed by atoms with Crippen LogP contribution in [0, 0.1) is 17.8 Å². The van der Waals surface area contributed by atoms with Crippen molar-refractivity contribution in [1.82, 2.24) is 9.88 Å². The van der Waals surface area contributed by atoms with Crippen molar-refractivity contribution in [3.63, 3.8) is 0 Å². The Labute approximate surface area is 154 Å². The van der Waals surface area contributed by atoms with Gasteiger partial charge in [0.05, 0.1) is 17.9 Å². The highest BCUT2D eigenvalue weighted by Crippen LogP contribution is 2.49. The summed E-state index contributed by atoms with van der Waals surface area (Å²) in [5.74, 6) is 2.45. The summed E-state index contributed by atoms with van der Waals surface area (Å²) in [7, 11) is 0. The van der Waals surface area contributed by atoms with Crippen molar-refractivity contribution in [3.8, 4) is 0 Å². The Morgan fingerprint density at radius 3 is 2.80 bits per heavy atom. The molecular weight excluding hydrogens is 334 g/mol. The number of ether oxygens (including phenoxy) is 1. The van der Waals surface area contributed by atoms with E-state index in [9.17, 15) is 4.79 Å². The van der Waals surface area contributed by atoms with Gasteiger partial charge in [0.1, 0.15) is 0 Å². The Balaban J connectivity index is 1.27. The first-order valence-corrected chi connectivity index (χ1v) is 10.5. The predicted molar refractivity (Wildman–Crippen MR) is 99.6 cm³/mol. The van der Waals surface area contributed by atoms with E-state index in [0.717, 1.165) is 42.3 Å². The van der Waals surface area contributed by atoms with Crippen LogP contribution in [0.15, 0.2) is 5.38 Å². The van der Waals surface area contributed by atoms with E-state index >= 15 is 0 Å². The van der Waals surface area contributed by atoms with E-state index in [2.05, 4.69) is 34.4 Å². The van der Waals surface area contributed by atoms with Crippen LogP contribution in [0.1, 0.15) is 51.6 Å². The Hall–Kier alpha value is -0.980. The van der Waals surface area contributed by atoms with Crippen LogP contribution in [0.5, 0.6) is 0 Å². The van der Waals surface area contributed by atoms with E-state index in [1.54, 1.807) is 11.3 Å². The molecule has 2 bridgehead atoms. The van der Waals surface area contributed by atoms with Crippen molar-refractivity contribution in [2.24, 2.45) is 17.8 Å². The van der Waals surface area contributed by atoms with Crippen molar-refractivity contribution in [2.75, 3.05) is 18.4 Å². The number of nitrogens with one attached hydrogen (secondary N) is 1. The number of rotatable bonds is 5. The minimum atomic E-state index is 0.145. The van der Waals surface area contributed by atoms with Crippen LogP contribution in [-0.2, 0) is 16.1 Å². The number of aromatic nitrogens is 1. The molecule has 2 saturated carbocycles. The van der Waals surface area contributed by atoms with Crippen LogP contribution in [0.4, 0.5) is 5.13 Å². The standard InChI is InChI=1S/C19H29N3O2S/c1-12-8-22(9-13(2)24-12)10-17-11-25-19(20-17)21-18(23)7-16-6-14-3-4-15(16)5-14/h11-16H,3-10H2,1-2H3,(H,20,21,23)/t12-,13-,14+,15+,16+/m1/s1. The summed E-state index contributed by atoms with van der Waals surface area (Å²) in [4.78, 5) is 19.4. The van der Waals surface area contributed by atoms with Gasteiger partial charge in [-0.2, -0.15) is 0 Å². The molecule has 1 amide bonds. The van der Waals surface area contributed by atoms with E-state index in [-0.39, 0.29) is 18.1 Å². The number of amides is 1. The first-order valence-electron chi connectivity index (χ1n) is 9.67. The normalized spacial score (nSPS) is 35.2. The highest BCUT2D eigenvalue weighted by molar-refractivity contribution is 7.13. The zero-order valence-electron chi connectivity index (χ0n) is 15.2. The first kappa shape index (κ1) is 17.4. The van der Waals surface area contributed by atoms with Gasteiger partial charge in [-0.3, -0.25) is 9.69 Å². The molecule has 4 rings (SSSR count). The highest BCUT2D eigenvalue weighted by atomic mass is 32.1. The molecule has 5 nitrogen and oxygen atoms in total. The van der Waals surface area contributed by atoms with Gasteiger partial charge in [-0.25, -0.2) is 4.98 Å². The third-order valence-electron chi connectivity index (χ3n) is 6.01. The van der Waals surface area contributed by atoms with E-state index in [0.29, 0.717) is 12.3 Å². The summed E-state index contributed by atoms with van der Waals surface area (Å²) in [6.45, 7) is 6.94. The molecule has 2 heterocycles. The Morgan fingerprint density at radius 2 is 2.12 bits per heavy atom. The topological polar surface area (TPSA) is 54.5 Å². The third-order valence-corrected chi connectivity index (χ3v) is 6.82. The maximum atomic E-state index is 12.4. The molecule has 1 aromatic rings. The van der Waals surface area contributed by atoms with Crippen molar-refractivity contribution in [1.29, 1.82) is 0 Å². The van der Waals surface area contributed by atoms with Crippen molar-refractivity contribution >= 4 is 22.4 Å². The molecule has 0 aromatic carbocycles. The number of carbonyl (C=O) groups is 1. The molecule has 25 heavy (non-hydrogen) atoms. The quantitative estimate of drug-likeness (QED) is 0.870. The molecule has 5 atom stereocenters. The summed E-state index contributed by atoms with van der Waals surface area (Å²) in [6, 6.07) is 0. The number of fused-ring (bicyclic) bond motifs is 2. The van der Waals surface area contributed by atoms with E-state index in [1.165, 1.54) is 25.7 Å². The van der Waals surface area contributed by atoms with Gasteiger partial charge in [0.2, 0.25) is 5.91 Å². The fourth-order valence-corrected chi connectivity index (χ4v) is 5.83. The summed E-state index contributed by atoms with van der Waals surface area (Å²) >= 11 is 1.54. The minimum absolute atomic E-state index is 0.145. The van der Waals surface area contributed by atoms with E-state index < -0.39 is 0 Å². The molecule has 3 fully saturated rings. The van der Waals surface area contributed by atoms with Crippen molar-refractivity contribution in [2.45, 2.75) is 64.7 Å². The van der Waals surface area contributed by atoms with Gasteiger partial charge in [0, 0.05) is 31.4 Å². The van der Waals surface area contributed by atoms with Gasteiger partial charge in [-0.1, -0.05) is 6.42 Å². The molecule has 2 aliphatic carbocycles. The fourth-order valence-electron chi connectivity index (χ4n) is 5.11. The van der Waals surface area contributed by atoms with Crippen molar-refractivity contribution in [3.05, 3.63) is 11.1 Å². The van der Waals surface area contributed by atoms with Crippen LogP contribution >= 0.6 is 11.3 Å². The average Bonchev–Trinajstić information content (AvgIpc) is 3.23. The van der Waals surface area contributed by atoms with Gasteiger partial charge in [-0.05, 0) is 50.9 Å². The zero-order valence-corrected chi connectivity index (χ0v) is 16.1. The second-order valence-corrected chi connectivity index (χ2v) is 9.14. The molecule has 0 unspecified atom stereocenters. The molecule has 0 radical (unpaired) electrons. The number of hydrogen-bond donors (Lipinski definition) is 1. The van der Waals surface area contributed by atoms with Crippen LogP contribution in [0.3, 0.4) is 0 Å². The van der Waals surface area contributed by atoms with Crippen LogP contribution < -0.4 is 5.32 Å². The number of anilines is 1. The second kappa shape index (κ2) is 7.33.